The Balaban J connectivity index is 1.42. The second-order valence-electron chi connectivity index (χ2n) is 9.15. The molecule has 0 spiro atoms. The van der Waals surface area contributed by atoms with Gasteiger partial charge in [0.2, 0.25) is 0 Å². The average molecular weight is 414 g/mol. The lowest BCUT2D eigenvalue weighted by molar-refractivity contribution is 0.0204. The number of benzene rings is 1. The number of aromatic amines is 1. The Kier molecular flexibility index (Phi) is 5.69. The molecule has 2 amide bonds. The maximum Gasteiger partial charge on any atom is 0.410 e. The van der Waals surface area contributed by atoms with Crippen LogP contribution in [-0.2, 0) is 4.74 Å². The fourth-order valence-corrected chi connectivity index (χ4v) is 4.12. The van der Waals surface area contributed by atoms with Crippen molar-refractivity contribution in [2.45, 2.75) is 45.1 Å². The van der Waals surface area contributed by atoms with Gasteiger partial charge in [0.05, 0.1) is 11.0 Å². The Labute approximate surface area is 177 Å². The number of piperazine rings is 1. The number of nitrogens with one attached hydrogen (secondary N) is 2. The molecule has 2 aromatic rings. The van der Waals surface area contributed by atoms with Gasteiger partial charge in [0, 0.05) is 39.3 Å². The zero-order chi connectivity index (χ0) is 21.3. The molecule has 2 fully saturated rings. The summed E-state index contributed by atoms with van der Waals surface area (Å²) in [6, 6.07) is 6.18. The number of hydrogen-bond acceptors (Lipinski definition) is 5. The maximum atomic E-state index is 12.7. The average Bonchev–Trinajstić information content (AvgIpc) is 3.16. The van der Waals surface area contributed by atoms with E-state index in [1.54, 1.807) is 4.90 Å². The summed E-state index contributed by atoms with van der Waals surface area (Å²) in [5.41, 5.74) is 2.44. The highest BCUT2D eigenvalue weighted by atomic mass is 16.6. The number of amides is 2. The zero-order valence-corrected chi connectivity index (χ0v) is 18.0. The van der Waals surface area contributed by atoms with Gasteiger partial charge in [-0.2, -0.15) is 0 Å². The molecule has 1 aromatic carbocycles. The third-order valence-electron chi connectivity index (χ3n) is 5.73. The Bertz CT molecular complexity index is 918. The monoisotopic (exact) mass is 413 g/mol. The number of carbonyl (C=O) groups excluding carboxylic acids is 2. The molecule has 2 aliphatic rings. The van der Waals surface area contributed by atoms with E-state index < -0.39 is 5.60 Å². The van der Waals surface area contributed by atoms with Crippen molar-refractivity contribution in [2.24, 2.45) is 0 Å². The van der Waals surface area contributed by atoms with Gasteiger partial charge in [-0.3, -0.25) is 4.79 Å². The van der Waals surface area contributed by atoms with E-state index in [-0.39, 0.29) is 12.0 Å². The van der Waals surface area contributed by atoms with Crippen LogP contribution in [0.1, 0.15) is 55.7 Å². The second kappa shape index (κ2) is 8.26. The number of aromatic nitrogens is 2. The van der Waals surface area contributed by atoms with Crippen molar-refractivity contribution >= 4 is 23.0 Å². The first-order valence-electron chi connectivity index (χ1n) is 10.8. The minimum Gasteiger partial charge on any atom is -0.444 e. The molecule has 162 valence electrons. The molecule has 0 bridgehead atoms. The van der Waals surface area contributed by atoms with Crippen molar-refractivity contribution in [3.05, 3.63) is 29.6 Å². The minimum atomic E-state index is -0.473. The normalized spacial score (nSPS) is 18.6. The van der Waals surface area contributed by atoms with Gasteiger partial charge in [-0.25, -0.2) is 9.78 Å². The Hall–Kier alpha value is -2.61. The second-order valence-corrected chi connectivity index (χ2v) is 9.15. The number of hydrogen-bond donors (Lipinski definition) is 2. The third-order valence-corrected chi connectivity index (χ3v) is 5.73. The van der Waals surface area contributed by atoms with Crippen LogP contribution in [0, 0.1) is 0 Å². The first-order valence-corrected chi connectivity index (χ1v) is 10.8. The highest BCUT2D eigenvalue weighted by Crippen LogP contribution is 2.30. The topological polar surface area (TPSA) is 90.6 Å². The van der Waals surface area contributed by atoms with Crippen molar-refractivity contribution in [2.75, 3.05) is 39.3 Å². The SMILES string of the molecule is CC(C)(C)OC(=O)N1CCC(c2ccc3nc(C(=O)N4CCNCC4)[nH]c3c2)CC1. The number of likely N-dealkylation sites (tertiary alicyclic amines) is 1. The van der Waals surface area contributed by atoms with Gasteiger partial charge >= 0.3 is 6.09 Å². The molecule has 0 atom stereocenters. The lowest BCUT2D eigenvalue weighted by Gasteiger charge is -2.33. The molecule has 2 aliphatic heterocycles. The lowest BCUT2D eigenvalue weighted by Crippen LogP contribution is -2.46. The van der Waals surface area contributed by atoms with Crippen LogP contribution in [0.5, 0.6) is 0 Å². The molecule has 8 heteroatoms. The van der Waals surface area contributed by atoms with Crippen LogP contribution >= 0.6 is 0 Å². The number of piperidine rings is 1. The number of fused-ring (bicyclic) bond motifs is 1. The number of ether oxygens (including phenoxy) is 1. The van der Waals surface area contributed by atoms with Gasteiger partial charge < -0.3 is 24.8 Å². The summed E-state index contributed by atoms with van der Waals surface area (Å²) >= 11 is 0. The lowest BCUT2D eigenvalue weighted by atomic mass is 9.89. The molecule has 8 nitrogen and oxygen atoms in total. The molecular formula is C22H31N5O3. The molecule has 4 rings (SSSR count). The molecular weight excluding hydrogens is 382 g/mol. The van der Waals surface area contributed by atoms with Crippen LogP contribution in [0.25, 0.3) is 11.0 Å². The Morgan fingerprint density at radius 1 is 1.07 bits per heavy atom. The summed E-state index contributed by atoms with van der Waals surface area (Å²) in [6.45, 7) is 10.1. The molecule has 1 aromatic heterocycles. The number of H-pyrrole nitrogens is 1. The largest absolute Gasteiger partial charge is 0.444 e. The summed E-state index contributed by atoms with van der Waals surface area (Å²) in [5.74, 6) is 0.743. The first-order chi connectivity index (χ1) is 14.3. The third kappa shape index (κ3) is 4.59. The molecule has 0 unspecified atom stereocenters. The van der Waals surface area contributed by atoms with Crippen molar-refractivity contribution in [3.63, 3.8) is 0 Å². The molecule has 0 radical (unpaired) electrons. The summed E-state index contributed by atoms with van der Waals surface area (Å²) in [7, 11) is 0. The van der Waals surface area contributed by atoms with Gasteiger partial charge in [-0.05, 0) is 57.2 Å². The Morgan fingerprint density at radius 2 is 1.77 bits per heavy atom. The van der Waals surface area contributed by atoms with Gasteiger partial charge in [-0.1, -0.05) is 6.07 Å². The smallest absolute Gasteiger partial charge is 0.410 e. The van der Waals surface area contributed by atoms with Gasteiger partial charge in [0.15, 0.2) is 5.82 Å². The highest BCUT2D eigenvalue weighted by Gasteiger charge is 2.28. The van der Waals surface area contributed by atoms with Gasteiger partial charge in [0.25, 0.3) is 5.91 Å². The first kappa shape index (κ1) is 20.7. The van der Waals surface area contributed by atoms with Crippen LogP contribution < -0.4 is 5.32 Å². The standard InChI is InChI=1S/C22H31N5O3/c1-22(2,3)30-21(29)27-10-6-15(7-11-27)16-4-5-17-18(14-16)25-19(24-17)20(28)26-12-8-23-9-13-26/h4-5,14-15,23H,6-13H2,1-3H3,(H,24,25). The maximum absolute atomic E-state index is 12.7. The van der Waals surface area contributed by atoms with E-state index >= 15 is 0 Å². The van der Waals surface area contributed by atoms with Crippen molar-refractivity contribution < 1.29 is 14.3 Å². The van der Waals surface area contributed by atoms with Crippen LogP contribution in [-0.4, -0.2) is 76.6 Å². The van der Waals surface area contributed by atoms with Crippen molar-refractivity contribution in [1.82, 2.24) is 25.1 Å². The van der Waals surface area contributed by atoms with E-state index in [4.69, 9.17) is 4.74 Å². The summed E-state index contributed by atoms with van der Waals surface area (Å²) in [4.78, 5) is 36.3. The van der Waals surface area contributed by atoms with Crippen molar-refractivity contribution in [3.8, 4) is 0 Å². The number of nitrogens with zero attached hydrogens (tertiary/aromatic N) is 3. The van der Waals surface area contributed by atoms with Crippen LogP contribution in [0.15, 0.2) is 18.2 Å². The number of rotatable bonds is 2. The van der Waals surface area contributed by atoms with E-state index in [0.29, 0.717) is 37.9 Å². The molecule has 0 saturated carbocycles. The summed E-state index contributed by atoms with van der Waals surface area (Å²) in [5, 5.41) is 3.26. The number of carbonyl (C=O) groups is 2. The fraction of sp³-hybridized carbons (Fsp3) is 0.591. The van der Waals surface area contributed by atoms with E-state index in [9.17, 15) is 9.59 Å². The summed E-state index contributed by atoms with van der Waals surface area (Å²) < 4.78 is 5.48. The predicted octanol–water partition coefficient (Wildman–Crippen LogP) is 2.72. The fourth-order valence-electron chi connectivity index (χ4n) is 4.12. The molecule has 0 aliphatic carbocycles. The highest BCUT2D eigenvalue weighted by molar-refractivity contribution is 5.94. The van der Waals surface area contributed by atoms with Crippen molar-refractivity contribution in [1.29, 1.82) is 0 Å². The van der Waals surface area contributed by atoms with Gasteiger partial charge in [0.1, 0.15) is 5.60 Å². The number of imidazole rings is 1. The quantitative estimate of drug-likeness (QED) is 0.790. The molecule has 30 heavy (non-hydrogen) atoms. The zero-order valence-electron chi connectivity index (χ0n) is 18.0. The van der Waals surface area contributed by atoms with E-state index in [1.165, 1.54) is 5.56 Å². The predicted molar refractivity (Wildman–Crippen MR) is 115 cm³/mol. The van der Waals surface area contributed by atoms with E-state index in [0.717, 1.165) is 37.0 Å². The minimum absolute atomic E-state index is 0.0417. The summed E-state index contributed by atoms with van der Waals surface area (Å²) in [6.07, 6.45) is 1.55. The van der Waals surface area contributed by atoms with Gasteiger partial charge in [-0.15, -0.1) is 0 Å². The van der Waals surface area contributed by atoms with E-state index in [1.807, 2.05) is 31.7 Å². The van der Waals surface area contributed by atoms with E-state index in [2.05, 4.69) is 27.4 Å². The Morgan fingerprint density at radius 3 is 2.43 bits per heavy atom. The van der Waals surface area contributed by atoms with Crippen LogP contribution in [0.4, 0.5) is 4.79 Å². The van der Waals surface area contributed by atoms with Crippen LogP contribution in [0.2, 0.25) is 0 Å². The molecule has 3 heterocycles. The molecule has 2 saturated heterocycles. The molecule has 2 N–H and O–H groups in total. The van der Waals surface area contributed by atoms with Crippen LogP contribution in [0.3, 0.4) is 0 Å².